The third-order valence-electron chi connectivity index (χ3n) is 4.34. The second-order valence-corrected chi connectivity index (χ2v) is 6.19. The van der Waals surface area contributed by atoms with Crippen molar-refractivity contribution in [1.29, 1.82) is 0 Å². The van der Waals surface area contributed by atoms with Gasteiger partial charge in [0.2, 0.25) is 11.8 Å². The molecule has 1 saturated heterocycles. The van der Waals surface area contributed by atoms with Gasteiger partial charge in [-0.2, -0.15) is 0 Å². The van der Waals surface area contributed by atoms with Gasteiger partial charge in [0.05, 0.1) is 5.69 Å². The SMILES string of the molecule is O=C(CC(=O)N1CCN(c2ccc(F)cc2)CC1)Nc1ccc(F)cc1F. The van der Waals surface area contributed by atoms with Crippen molar-refractivity contribution in [3.8, 4) is 0 Å². The number of hydrogen-bond acceptors (Lipinski definition) is 3. The van der Waals surface area contributed by atoms with Gasteiger partial charge in [-0.1, -0.05) is 0 Å². The zero-order chi connectivity index (χ0) is 19.4. The molecule has 1 fully saturated rings. The van der Waals surface area contributed by atoms with E-state index in [1.807, 2.05) is 4.90 Å². The Kier molecular flexibility index (Phi) is 5.63. The molecule has 27 heavy (non-hydrogen) atoms. The number of carbonyl (C=O) groups excluding carboxylic acids is 2. The van der Waals surface area contributed by atoms with Crippen LogP contribution in [0.3, 0.4) is 0 Å². The molecule has 0 spiro atoms. The van der Waals surface area contributed by atoms with Crippen LogP contribution in [-0.2, 0) is 9.59 Å². The van der Waals surface area contributed by atoms with E-state index in [2.05, 4.69) is 5.32 Å². The average molecular weight is 377 g/mol. The number of nitrogens with zero attached hydrogens (tertiary/aromatic N) is 2. The van der Waals surface area contributed by atoms with Crippen molar-refractivity contribution in [3.63, 3.8) is 0 Å². The summed E-state index contributed by atoms with van der Waals surface area (Å²) < 4.78 is 39.4. The number of nitrogens with one attached hydrogen (secondary N) is 1. The van der Waals surface area contributed by atoms with Crippen LogP contribution in [0.4, 0.5) is 24.5 Å². The van der Waals surface area contributed by atoms with Crippen LogP contribution in [0, 0.1) is 17.5 Å². The highest BCUT2D eigenvalue weighted by atomic mass is 19.1. The lowest BCUT2D eigenvalue weighted by Gasteiger charge is -2.36. The number of amides is 2. The van der Waals surface area contributed by atoms with E-state index < -0.39 is 24.0 Å². The molecule has 2 amide bonds. The first kappa shape index (κ1) is 18.8. The minimum Gasteiger partial charge on any atom is -0.368 e. The van der Waals surface area contributed by atoms with Gasteiger partial charge in [0, 0.05) is 37.9 Å². The molecule has 0 unspecified atom stereocenters. The van der Waals surface area contributed by atoms with Crippen LogP contribution >= 0.6 is 0 Å². The van der Waals surface area contributed by atoms with E-state index in [0.29, 0.717) is 32.2 Å². The Morgan fingerprint density at radius 1 is 0.889 bits per heavy atom. The average Bonchev–Trinajstić information content (AvgIpc) is 2.65. The molecule has 0 radical (unpaired) electrons. The normalized spacial score (nSPS) is 14.2. The summed E-state index contributed by atoms with van der Waals surface area (Å²) in [5.41, 5.74) is 0.698. The minimum absolute atomic E-state index is 0.171. The highest BCUT2D eigenvalue weighted by Gasteiger charge is 2.23. The number of hydrogen-bond donors (Lipinski definition) is 1. The number of carbonyl (C=O) groups is 2. The van der Waals surface area contributed by atoms with Gasteiger partial charge in [-0.25, -0.2) is 13.2 Å². The second kappa shape index (κ2) is 8.11. The summed E-state index contributed by atoms with van der Waals surface area (Å²) in [6.45, 7) is 1.97. The monoisotopic (exact) mass is 377 g/mol. The fraction of sp³-hybridized carbons (Fsp3) is 0.263. The Hall–Kier alpha value is -3.03. The van der Waals surface area contributed by atoms with Crippen LogP contribution in [0.5, 0.6) is 0 Å². The molecule has 0 saturated carbocycles. The Bertz CT molecular complexity index is 835. The molecule has 1 heterocycles. The fourth-order valence-electron chi connectivity index (χ4n) is 2.90. The van der Waals surface area contributed by atoms with Crippen LogP contribution in [0.15, 0.2) is 42.5 Å². The van der Waals surface area contributed by atoms with E-state index in [-0.39, 0.29) is 17.4 Å². The molecule has 0 aliphatic carbocycles. The van der Waals surface area contributed by atoms with Gasteiger partial charge in [0.25, 0.3) is 0 Å². The Morgan fingerprint density at radius 2 is 1.52 bits per heavy atom. The summed E-state index contributed by atoms with van der Waals surface area (Å²) in [5.74, 6) is -2.99. The molecule has 0 aromatic heterocycles. The van der Waals surface area contributed by atoms with Crippen molar-refractivity contribution in [2.45, 2.75) is 6.42 Å². The van der Waals surface area contributed by atoms with Gasteiger partial charge in [0.15, 0.2) is 0 Å². The molecular formula is C19H18F3N3O2. The quantitative estimate of drug-likeness (QED) is 0.834. The minimum atomic E-state index is -0.899. The lowest BCUT2D eigenvalue weighted by atomic mass is 10.2. The summed E-state index contributed by atoms with van der Waals surface area (Å²) in [6, 6.07) is 8.91. The maximum absolute atomic E-state index is 13.6. The van der Waals surface area contributed by atoms with E-state index in [9.17, 15) is 22.8 Å². The van der Waals surface area contributed by atoms with Gasteiger partial charge in [-0.15, -0.1) is 0 Å². The number of benzene rings is 2. The first-order chi connectivity index (χ1) is 12.9. The smallest absolute Gasteiger partial charge is 0.233 e. The Labute approximate surface area is 154 Å². The summed E-state index contributed by atoms with van der Waals surface area (Å²) in [6.07, 6.45) is -0.423. The Morgan fingerprint density at radius 3 is 2.15 bits per heavy atom. The predicted octanol–water partition coefficient (Wildman–Crippen LogP) is 2.78. The maximum Gasteiger partial charge on any atom is 0.233 e. The molecule has 3 rings (SSSR count). The molecular weight excluding hydrogens is 359 g/mol. The Balaban J connectivity index is 1.50. The van der Waals surface area contributed by atoms with E-state index in [1.165, 1.54) is 12.1 Å². The van der Waals surface area contributed by atoms with E-state index in [1.54, 1.807) is 17.0 Å². The summed E-state index contributed by atoms with van der Waals surface area (Å²) in [7, 11) is 0. The molecule has 1 aliphatic heterocycles. The van der Waals surface area contributed by atoms with Gasteiger partial charge >= 0.3 is 0 Å². The standard InChI is InChI=1S/C19H18F3N3O2/c20-13-1-4-15(5-2-13)24-7-9-25(10-8-24)19(27)12-18(26)23-17-6-3-14(21)11-16(17)22/h1-6,11H,7-10,12H2,(H,23,26). The molecule has 2 aromatic rings. The highest BCUT2D eigenvalue weighted by molar-refractivity contribution is 6.03. The van der Waals surface area contributed by atoms with Crippen LogP contribution in [0.25, 0.3) is 0 Å². The van der Waals surface area contributed by atoms with Crippen molar-refractivity contribution in [2.24, 2.45) is 0 Å². The number of piperazine rings is 1. The topological polar surface area (TPSA) is 52.7 Å². The number of anilines is 2. The van der Waals surface area contributed by atoms with Gasteiger partial charge in [0.1, 0.15) is 23.9 Å². The number of halogens is 3. The maximum atomic E-state index is 13.6. The zero-order valence-electron chi connectivity index (χ0n) is 14.4. The van der Waals surface area contributed by atoms with Crippen LogP contribution < -0.4 is 10.2 Å². The molecule has 142 valence electrons. The predicted molar refractivity (Wildman–Crippen MR) is 94.8 cm³/mol. The van der Waals surface area contributed by atoms with Crippen molar-refractivity contribution in [1.82, 2.24) is 4.90 Å². The first-order valence-corrected chi connectivity index (χ1v) is 8.45. The van der Waals surface area contributed by atoms with Gasteiger partial charge in [-0.3, -0.25) is 9.59 Å². The number of rotatable bonds is 4. The van der Waals surface area contributed by atoms with Gasteiger partial charge in [-0.05, 0) is 36.4 Å². The summed E-state index contributed by atoms with van der Waals surface area (Å²) >= 11 is 0. The summed E-state index contributed by atoms with van der Waals surface area (Å²) in [4.78, 5) is 27.8. The molecule has 8 heteroatoms. The van der Waals surface area contributed by atoms with Gasteiger partial charge < -0.3 is 15.1 Å². The molecule has 5 nitrogen and oxygen atoms in total. The van der Waals surface area contributed by atoms with Crippen LogP contribution in [0.2, 0.25) is 0 Å². The third kappa shape index (κ3) is 4.78. The molecule has 2 aromatic carbocycles. The molecule has 0 bridgehead atoms. The zero-order valence-corrected chi connectivity index (χ0v) is 14.4. The van der Waals surface area contributed by atoms with Crippen LogP contribution in [0.1, 0.15) is 6.42 Å². The third-order valence-corrected chi connectivity index (χ3v) is 4.34. The molecule has 1 N–H and O–H groups in total. The van der Waals surface area contributed by atoms with Crippen LogP contribution in [-0.4, -0.2) is 42.9 Å². The van der Waals surface area contributed by atoms with Crippen molar-refractivity contribution >= 4 is 23.2 Å². The lowest BCUT2D eigenvalue weighted by Crippen LogP contribution is -2.49. The fourth-order valence-corrected chi connectivity index (χ4v) is 2.90. The van der Waals surface area contributed by atoms with Crippen molar-refractivity contribution < 1.29 is 22.8 Å². The second-order valence-electron chi connectivity index (χ2n) is 6.19. The van der Waals surface area contributed by atoms with E-state index >= 15 is 0 Å². The molecule has 1 aliphatic rings. The van der Waals surface area contributed by atoms with E-state index in [0.717, 1.165) is 17.8 Å². The largest absolute Gasteiger partial charge is 0.368 e. The summed E-state index contributed by atoms with van der Waals surface area (Å²) in [5, 5.41) is 2.27. The lowest BCUT2D eigenvalue weighted by molar-refractivity contribution is -0.134. The highest BCUT2D eigenvalue weighted by Crippen LogP contribution is 2.18. The van der Waals surface area contributed by atoms with Crippen molar-refractivity contribution in [2.75, 3.05) is 36.4 Å². The first-order valence-electron chi connectivity index (χ1n) is 8.45. The molecule has 0 atom stereocenters. The van der Waals surface area contributed by atoms with Crippen molar-refractivity contribution in [3.05, 3.63) is 59.9 Å². The van der Waals surface area contributed by atoms with E-state index in [4.69, 9.17) is 0 Å².